The summed E-state index contributed by atoms with van der Waals surface area (Å²) in [6.07, 6.45) is 8.82. The summed E-state index contributed by atoms with van der Waals surface area (Å²) in [7, 11) is 0. The van der Waals surface area contributed by atoms with E-state index in [2.05, 4.69) is 17.1 Å². The van der Waals surface area contributed by atoms with Gasteiger partial charge in [-0.15, -0.1) is 0 Å². The van der Waals surface area contributed by atoms with Gasteiger partial charge < -0.3 is 4.74 Å². The Morgan fingerprint density at radius 3 is 2.95 bits per heavy atom. The first-order chi connectivity index (χ1) is 10.3. The minimum atomic E-state index is 0.0324. The zero-order chi connectivity index (χ0) is 14.9. The molecule has 1 aliphatic rings. The van der Waals surface area contributed by atoms with Gasteiger partial charge in [0.25, 0.3) is 0 Å². The lowest BCUT2D eigenvalue weighted by Crippen LogP contribution is -2.28. The van der Waals surface area contributed by atoms with Gasteiger partial charge in [0.05, 0.1) is 6.21 Å². The van der Waals surface area contributed by atoms with Gasteiger partial charge in [0, 0.05) is 5.92 Å². The predicted octanol–water partition coefficient (Wildman–Crippen LogP) is 3.28. The molecule has 1 fully saturated rings. The Labute approximate surface area is 125 Å². The molecule has 0 atom stereocenters. The normalized spacial score (nSPS) is 15.8. The monoisotopic (exact) mass is 286 g/mol. The largest absolute Gasteiger partial charge is 0.490 e. The lowest BCUT2D eigenvalue weighted by atomic mass is 9.89. The number of nitrogens with zero attached hydrogens (tertiary/aromatic N) is 1. The molecule has 0 spiro atoms. The first kappa shape index (κ1) is 15.3. The van der Waals surface area contributed by atoms with Gasteiger partial charge in [-0.2, -0.15) is 5.10 Å². The zero-order valence-corrected chi connectivity index (χ0v) is 12.3. The van der Waals surface area contributed by atoms with Gasteiger partial charge in [0.1, 0.15) is 12.4 Å². The Morgan fingerprint density at radius 1 is 1.38 bits per heavy atom. The molecule has 112 valence electrons. The SMILES string of the molecule is C=CCOc1cccc(/C=N/NC(=O)C2CCCCC2)c1. The van der Waals surface area contributed by atoms with Crippen molar-refractivity contribution in [3.05, 3.63) is 42.5 Å². The van der Waals surface area contributed by atoms with Gasteiger partial charge in [-0.3, -0.25) is 4.79 Å². The van der Waals surface area contributed by atoms with E-state index in [0.29, 0.717) is 6.61 Å². The molecule has 1 aromatic carbocycles. The van der Waals surface area contributed by atoms with Crippen molar-refractivity contribution >= 4 is 12.1 Å². The van der Waals surface area contributed by atoms with Crippen LogP contribution in [0.15, 0.2) is 42.0 Å². The molecule has 21 heavy (non-hydrogen) atoms. The van der Waals surface area contributed by atoms with Crippen LogP contribution in [0, 0.1) is 5.92 Å². The summed E-state index contributed by atoms with van der Waals surface area (Å²) in [5.74, 6) is 0.917. The van der Waals surface area contributed by atoms with E-state index in [1.54, 1.807) is 12.3 Å². The van der Waals surface area contributed by atoms with Crippen LogP contribution in [0.4, 0.5) is 0 Å². The molecule has 0 unspecified atom stereocenters. The van der Waals surface area contributed by atoms with E-state index in [1.165, 1.54) is 6.42 Å². The van der Waals surface area contributed by atoms with Crippen molar-refractivity contribution in [1.82, 2.24) is 5.43 Å². The smallest absolute Gasteiger partial charge is 0.243 e. The fraction of sp³-hybridized carbons (Fsp3) is 0.412. The molecule has 2 rings (SSSR count). The summed E-state index contributed by atoms with van der Waals surface area (Å²) in [6, 6.07) is 7.56. The summed E-state index contributed by atoms with van der Waals surface area (Å²) < 4.78 is 5.45. The topological polar surface area (TPSA) is 50.7 Å². The first-order valence-corrected chi connectivity index (χ1v) is 7.46. The average Bonchev–Trinajstić information content (AvgIpc) is 2.54. The number of carbonyl (C=O) groups is 1. The molecule has 4 heteroatoms. The number of hydrazone groups is 1. The van der Waals surface area contributed by atoms with Crippen LogP contribution in [0.5, 0.6) is 5.75 Å². The summed E-state index contributed by atoms with van der Waals surface area (Å²) in [4.78, 5) is 11.9. The van der Waals surface area contributed by atoms with Crippen LogP contribution < -0.4 is 10.2 Å². The highest BCUT2D eigenvalue weighted by Gasteiger charge is 2.20. The van der Waals surface area contributed by atoms with Crippen molar-refractivity contribution in [2.45, 2.75) is 32.1 Å². The van der Waals surface area contributed by atoms with Crippen LogP contribution in [0.2, 0.25) is 0 Å². The summed E-state index contributed by atoms with van der Waals surface area (Å²) in [5.41, 5.74) is 3.53. The van der Waals surface area contributed by atoms with Gasteiger partial charge in [-0.05, 0) is 30.5 Å². The second kappa shape index (κ2) is 8.25. The van der Waals surface area contributed by atoms with Crippen molar-refractivity contribution < 1.29 is 9.53 Å². The third-order valence-electron chi connectivity index (χ3n) is 3.59. The average molecular weight is 286 g/mol. The lowest BCUT2D eigenvalue weighted by Gasteiger charge is -2.19. The molecule has 0 bridgehead atoms. The Kier molecular flexibility index (Phi) is 6.00. The number of hydrogen-bond acceptors (Lipinski definition) is 3. The van der Waals surface area contributed by atoms with Crippen LogP contribution in [-0.4, -0.2) is 18.7 Å². The van der Waals surface area contributed by atoms with Gasteiger partial charge in [-0.1, -0.05) is 44.1 Å². The molecule has 1 amide bonds. The van der Waals surface area contributed by atoms with Crippen LogP contribution in [0.25, 0.3) is 0 Å². The molecule has 1 N–H and O–H groups in total. The fourth-order valence-corrected chi connectivity index (χ4v) is 2.47. The molecule has 0 radical (unpaired) electrons. The minimum absolute atomic E-state index is 0.0324. The molecule has 1 aromatic rings. The van der Waals surface area contributed by atoms with Crippen LogP contribution in [0.1, 0.15) is 37.7 Å². The van der Waals surface area contributed by atoms with Crippen LogP contribution >= 0.6 is 0 Å². The molecular formula is C17H22N2O2. The van der Waals surface area contributed by atoms with E-state index in [1.807, 2.05) is 24.3 Å². The number of amides is 1. The number of ether oxygens (including phenoxy) is 1. The van der Waals surface area contributed by atoms with Crippen molar-refractivity contribution in [2.24, 2.45) is 11.0 Å². The summed E-state index contributed by atoms with van der Waals surface area (Å²) >= 11 is 0. The van der Waals surface area contributed by atoms with Gasteiger partial charge in [0.2, 0.25) is 5.91 Å². The Balaban J connectivity index is 1.85. The molecule has 4 nitrogen and oxygen atoms in total. The molecule has 0 heterocycles. The Hall–Kier alpha value is -2.10. The van der Waals surface area contributed by atoms with E-state index < -0.39 is 0 Å². The molecular weight excluding hydrogens is 264 g/mol. The maximum Gasteiger partial charge on any atom is 0.243 e. The third-order valence-corrected chi connectivity index (χ3v) is 3.59. The molecule has 1 aliphatic carbocycles. The number of carbonyl (C=O) groups excluding carboxylic acids is 1. The highest BCUT2D eigenvalue weighted by molar-refractivity contribution is 5.83. The second-order valence-corrected chi connectivity index (χ2v) is 5.24. The van der Waals surface area contributed by atoms with Crippen molar-refractivity contribution in [3.63, 3.8) is 0 Å². The van der Waals surface area contributed by atoms with Crippen LogP contribution in [-0.2, 0) is 4.79 Å². The van der Waals surface area contributed by atoms with E-state index in [9.17, 15) is 4.79 Å². The minimum Gasteiger partial charge on any atom is -0.490 e. The molecule has 0 aliphatic heterocycles. The maximum atomic E-state index is 11.9. The molecule has 0 aromatic heterocycles. The number of benzene rings is 1. The van der Waals surface area contributed by atoms with Gasteiger partial charge >= 0.3 is 0 Å². The summed E-state index contributed by atoms with van der Waals surface area (Å²) in [5, 5.41) is 4.04. The first-order valence-electron chi connectivity index (χ1n) is 7.46. The van der Waals surface area contributed by atoms with Gasteiger partial charge in [0.15, 0.2) is 0 Å². The predicted molar refractivity (Wildman–Crippen MR) is 84.4 cm³/mol. The van der Waals surface area contributed by atoms with E-state index in [-0.39, 0.29) is 11.8 Å². The molecule has 0 saturated heterocycles. The number of hydrogen-bond donors (Lipinski definition) is 1. The lowest BCUT2D eigenvalue weighted by molar-refractivity contribution is -0.125. The van der Waals surface area contributed by atoms with E-state index in [4.69, 9.17) is 4.74 Å². The Morgan fingerprint density at radius 2 is 2.19 bits per heavy atom. The van der Waals surface area contributed by atoms with Crippen molar-refractivity contribution in [3.8, 4) is 5.75 Å². The van der Waals surface area contributed by atoms with E-state index >= 15 is 0 Å². The summed E-state index contributed by atoms with van der Waals surface area (Å²) in [6.45, 7) is 4.08. The highest BCUT2D eigenvalue weighted by Crippen LogP contribution is 2.23. The van der Waals surface area contributed by atoms with E-state index in [0.717, 1.165) is 37.0 Å². The fourth-order valence-electron chi connectivity index (χ4n) is 2.47. The zero-order valence-electron chi connectivity index (χ0n) is 12.3. The van der Waals surface area contributed by atoms with Crippen molar-refractivity contribution in [1.29, 1.82) is 0 Å². The molecule has 1 saturated carbocycles. The maximum absolute atomic E-state index is 11.9. The quantitative estimate of drug-likeness (QED) is 0.495. The Bertz CT molecular complexity index is 505. The second-order valence-electron chi connectivity index (χ2n) is 5.24. The van der Waals surface area contributed by atoms with Crippen LogP contribution in [0.3, 0.4) is 0 Å². The third kappa shape index (κ3) is 5.06. The number of rotatable bonds is 6. The van der Waals surface area contributed by atoms with Crippen molar-refractivity contribution in [2.75, 3.05) is 6.61 Å². The van der Waals surface area contributed by atoms with Gasteiger partial charge in [-0.25, -0.2) is 5.43 Å². The highest BCUT2D eigenvalue weighted by atomic mass is 16.5. The standard InChI is InChI=1S/C17H22N2O2/c1-2-11-21-16-10-6-7-14(12-16)13-18-19-17(20)15-8-4-3-5-9-15/h2,6-7,10,12-13,15H,1,3-5,8-9,11H2,(H,19,20)/b18-13+. The number of nitrogens with one attached hydrogen (secondary N) is 1.